The number of benzene rings is 3. The van der Waals surface area contributed by atoms with Crippen LogP contribution >= 0.6 is 11.8 Å². The number of rotatable bonds is 11. The van der Waals surface area contributed by atoms with E-state index < -0.39 is 35.9 Å². The Labute approximate surface area is 259 Å². The maximum atomic E-state index is 13.9. The summed E-state index contributed by atoms with van der Waals surface area (Å²) < 4.78 is 13.6. The highest BCUT2D eigenvalue weighted by molar-refractivity contribution is 7.98. The van der Waals surface area contributed by atoms with Crippen molar-refractivity contribution >= 4 is 35.5 Å². The van der Waals surface area contributed by atoms with E-state index in [4.69, 9.17) is 5.73 Å². The minimum absolute atomic E-state index is 0.0599. The summed E-state index contributed by atoms with van der Waals surface area (Å²) in [5, 5.41) is 6.01. The molecule has 2 aliphatic heterocycles. The van der Waals surface area contributed by atoms with Gasteiger partial charge in [0.05, 0.1) is 19.5 Å². The normalized spacial score (nSPS) is 18.7. The topological polar surface area (TPSA) is 119 Å². The maximum absolute atomic E-state index is 13.9. The molecule has 2 aliphatic rings. The number of urea groups is 1. The lowest BCUT2D eigenvalue weighted by molar-refractivity contribution is -0.192. The quantitative estimate of drug-likeness (QED) is 0.319. The standard InChI is InChI=1S/C32H35FN6O4S/c33-26-13-11-24(12-14-26)19-37-21-30(41)38-27(17-28(34)40)31(42)36(15-16-44-22-25-9-5-2-6-10-25)20-29(38)39(37)32(43)35-18-23-7-3-1-4-8-23/h1-14,27,29H,15-22H2,(H2,34,40)(H,35,43). The molecule has 3 aromatic carbocycles. The molecule has 12 heteroatoms. The number of primary amides is 1. The molecule has 0 saturated carbocycles. The Morgan fingerprint density at radius 1 is 0.909 bits per heavy atom. The number of nitrogens with one attached hydrogen (secondary N) is 1. The lowest BCUT2D eigenvalue weighted by atomic mass is 10.0. The summed E-state index contributed by atoms with van der Waals surface area (Å²) in [5.74, 6) is -0.505. The van der Waals surface area contributed by atoms with E-state index in [0.717, 1.165) is 16.9 Å². The van der Waals surface area contributed by atoms with Crippen molar-refractivity contribution in [3.63, 3.8) is 0 Å². The molecule has 0 spiro atoms. The van der Waals surface area contributed by atoms with Crippen LogP contribution in [0.3, 0.4) is 0 Å². The van der Waals surface area contributed by atoms with Gasteiger partial charge in [-0.15, -0.1) is 0 Å². The van der Waals surface area contributed by atoms with Crippen LogP contribution in [0.25, 0.3) is 0 Å². The number of thioether (sulfide) groups is 1. The van der Waals surface area contributed by atoms with Gasteiger partial charge >= 0.3 is 6.03 Å². The monoisotopic (exact) mass is 618 g/mol. The van der Waals surface area contributed by atoms with Crippen molar-refractivity contribution in [1.29, 1.82) is 0 Å². The zero-order chi connectivity index (χ0) is 31.1. The van der Waals surface area contributed by atoms with Crippen LogP contribution in [0.5, 0.6) is 0 Å². The predicted molar refractivity (Wildman–Crippen MR) is 165 cm³/mol. The lowest BCUT2D eigenvalue weighted by Gasteiger charge is -2.55. The highest BCUT2D eigenvalue weighted by Crippen LogP contribution is 2.29. The Morgan fingerprint density at radius 3 is 2.23 bits per heavy atom. The molecule has 0 bridgehead atoms. The lowest BCUT2D eigenvalue weighted by Crippen LogP contribution is -2.76. The molecular formula is C32H35FN6O4S. The molecule has 5 amide bonds. The van der Waals surface area contributed by atoms with Gasteiger partial charge in [-0.1, -0.05) is 72.8 Å². The van der Waals surface area contributed by atoms with Gasteiger partial charge in [0.25, 0.3) is 0 Å². The van der Waals surface area contributed by atoms with Gasteiger partial charge in [-0.25, -0.2) is 19.2 Å². The highest BCUT2D eigenvalue weighted by atomic mass is 32.2. The second-order valence-corrected chi connectivity index (χ2v) is 11.8. The summed E-state index contributed by atoms with van der Waals surface area (Å²) in [6.45, 7) is 0.593. The fourth-order valence-electron chi connectivity index (χ4n) is 5.52. The molecule has 2 fully saturated rings. The molecule has 0 aromatic heterocycles. The molecular weight excluding hydrogens is 583 g/mol. The Hall–Kier alpha value is -4.42. The minimum Gasteiger partial charge on any atom is -0.370 e. The maximum Gasteiger partial charge on any atom is 0.334 e. The number of nitrogens with zero attached hydrogens (tertiary/aromatic N) is 4. The van der Waals surface area contributed by atoms with Crippen LogP contribution in [-0.4, -0.2) is 81.2 Å². The highest BCUT2D eigenvalue weighted by Gasteiger charge is 2.51. The Balaban J connectivity index is 1.40. The van der Waals surface area contributed by atoms with E-state index in [1.54, 1.807) is 33.8 Å². The molecule has 2 saturated heterocycles. The summed E-state index contributed by atoms with van der Waals surface area (Å²) in [6.07, 6.45) is -1.24. The number of piperazine rings is 1. The van der Waals surface area contributed by atoms with Crippen LogP contribution in [0.4, 0.5) is 9.18 Å². The molecule has 5 rings (SSSR count). The molecule has 2 unspecified atom stereocenters. The molecule has 2 atom stereocenters. The van der Waals surface area contributed by atoms with Crippen molar-refractivity contribution in [2.45, 2.75) is 37.5 Å². The zero-order valence-electron chi connectivity index (χ0n) is 24.2. The number of fused-ring (bicyclic) bond motifs is 1. The van der Waals surface area contributed by atoms with Crippen molar-refractivity contribution in [2.24, 2.45) is 5.73 Å². The van der Waals surface area contributed by atoms with Crippen LogP contribution in [0.2, 0.25) is 0 Å². The third-order valence-electron chi connectivity index (χ3n) is 7.61. The summed E-state index contributed by atoms with van der Waals surface area (Å²) in [4.78, 5) is 56.2. The first-order valence-electron chi connectivity index (χ1n) is 14.4. The molecule has 0 aliphatic carbocycles. The van der Waals surface area contributed by atoms with Crippen LogP contribution in [0.15, 0.2) is 84.9 Å². The van der Waals surface area contributed by atoms with Crippen LogP contribution in [0, 0.1) is 5.82 Å². The van der Waals surface area contributed by atoms with Gasteiger partial charge in [0.15, 0.2) is 0 Å². The van der Waals surface area contributed by atoms with Gasteiger partial charge in [-0.2, -0.15) is 11.8 Å². The molecule has 3 N–H and O–H groups in total. The smallest absolute Gasteiger partial charge is 0.334 e. The second-order valence-electron chi connectivity index (χ2n) is 10.7. The van der Waals surface area contributed by atoms with Crippen LogP contribution in [0.1, 0.15) is 23.1 Å². The van der Waals surface area contributed by atoms with E-state index in [9.17, 15) is 23.6 Å². The van der Waals surface area contributed by atoms with Gasteiger partial charge in [0.2, 0.25) is 17.7 Å². The largest absolute Gasteiger partial charge is 0.370 e. The van der Waals surface area contributed by atoms with Gasteiger partial charge in [0, 0.05) is 31.1 Å². The summed E-state index contributed by atoms with van der Waals surface area (Å²) in [6, 6.07) is 23.6. The minimum atomic E-state index is -1.13. The number of nitrogens with two attached hydrogens (primary N) is 1. The molecule has 44 heavy (non-hydrogen) atoms. The van der Waals surface area contributed by atoms with Crippen molar-refractivity contribution in [1.82, 2.24) is 25.1 Å². The van der Waals surface area contributed by atoms with Gasteiger partial charge < -0.3 is 20.9 Å². The fourth-order valence-corrected chi connectivity index (χ4v) is 6.44. The molecule has 0 radical (unpaired) electrons. The van der Waals surface area contributed by atoms with E-state index in [2.05, 4.69) is 5.32 Å². The third kappa shape index (κ3) is 7.56. The molecule has 230 valence electrons. The van der Waals surface area contributed by atoms with E-state index in [1.165, 1.54) is 22.0 Å². The first kappa shape index (κ1) is 31.0. The molecule has 2 heterocycles. The van der Waals surface area contributed by atoms with Crippen LogP contribution < -0.4 is 11.1 Å². The second kappa shape index (κ2) is 14.4. The van der Waals surface area contributed by atoms with Crippen molar-refractivity contribution in [3.8, 4) is 0 Å². The van der Waals surface area contributed by atoms with Crippen molar-refractivity contribution < 1.29 is 23.6 Å². The SMILES string of the molecule is NC(=O)CC1C(=O)N(CCSCc2ccccc2)CC2N1C(=O)CN(Cc1ccc(F)cc1)N2C(=O)NCc1ccccc1. The van der Waals surface area contributed by atoms with E-state index >= 15 is 0 Å². The van der Waals surface area contributed by atoms with Gasteiger partial charge in [-0.3, -0.25) is 14.4 Å². The van der Waals surface area contributed by atoms with Crippen molar-refractivity contribution in [2.75, 3.05) is 25.4 Å². The molecule has 3 aromatic rings. The number of carbonyl (C=O) groups excluding carboxylic acids is 4. The fraction of sp³-hybridized carbons (Fsp3) is 0.312. The first-order valence-corrected chi connectivity index (χ1v) is 15.6. The van der Waals surface area contributed by atoms with Crippen molar-refractivity contribution in [3.05, 3.63) is 107 Å². The average molecular weight is 619 g/mol. The Kier molecular flexibility index (Phi) is 10.1. The Bertz CT molecular complexity index is 1460. The zero-order valence-corrected chi connectivity index (χ0v) is 25.0. The number of carbonyl (C=O) groups is 4. The summed E-state index contributed by atoms with van der Waals surface area (Å²) in [5.41, 5.74) is 8.29. The number of hydrogen-bond donors (Lipinski definition) is 2. The number of hydrazine groups is 1. The van der Waals surface area contributed by atoms with Gasteiger partial charge in [0.1, 0.15) is 18.0 Å². The molecule has 10 nitrogen and oxygen atoms in total. The summed E-state index contributed by atoms with van der Waals surface area (Å²) in [7, 11) is 0. The van der Waals surface area contributed by atoms with Gasteiger partial charge in [-0.05, 0) is 28.8 Å². The average Bonchev–Trinajstić information content (AvgIpc) is 3.02. The summed E-state index contributed by atoms with van der Waals surface area (Å²) >= 11 is 1.66. The van der Waals surface area contributed by atoms with Crippen LogP contribution in [-0.2, 0) is 33.2 Å². The third-order valence-corrected chi connectivity index (χ3v) is 8.62. The Morgan fingerprint density at radius 2 is 1.57 bits per heavy atom. The number of halogens is 1. The number of amides is 5. The van der Waals surface area contributed by atoms with E-state index in [0.29, 0.717) is 17.9 Å². The van der Waals surface area contributed by atoms with E-state index in [1.807, 2.05) is 60.7 Å². The van der Waals surface area contributed by atoms with E-state index in [-0.39, 0.29) is 38.5 Å². The first-order chi connectivity index (χ1) is 21.3. The predicted octanol–water partition coefficient (Wildman–Crippen LogP) is 2.94. The number of hydrogen-bond acceptors (Lipinski definition) is 6.